The number of aryl methyl sites for hydroxylation is 1. The van der Waals surface area contributed by atoms with Crippen molar-refractivity contribution >= 4 is 0 Å². The Labute approximate surface area is 112 Å². The fourth-order valence-corrected chi connectivity index (χ4v) is 1.90. The molecule has 1 unspecified atom stereocenters. The fourth-order valence-electron chi connectivity index (χ4n) is 1.90. The van der Waals surface area contributed by atoms with E-state index >= 15 is 0 Å². The van der Waals surface area contributed by atoms with Gasteiger partial charge in [-0.15, -0.1) is 0 Å². The SMILES string of the molecule is CN(CCC(F)(F)F)CC(N)CCc1ccccc1. The lowest BCUT2D eigenvalue weighted by Gasteiger charge is -2.21. The van der Waals surface area contributed by atoms with E-state index in [9.17, 15) is 13.2 Å². The summed E-state index contributed by atoms with van der Waals surface area (Å²) in [5.41, 5.74) is 7.14. The molecule has 0 saturated carbocycles. The number of nitrogens with zero attached hydrogens (tertiary/aromatic N) is 1. The van der Waals surface area contributed by atoms with E-state index in [2.05, 4.69) is 0 Å². The Morgan fingerprint density at radius 2 is 1.84 bits per heavy atom. The van der Waals surface area contributed by atoms with Crippen LogP contribution in [0.5, 0.6) is 0 Å². The molecule has 1 aromatic rings. The Hall–Kier alpha value is -1.07. The van der Waals surface area contributed by atoms with Crippen LogP contribution in [0.2, 0.25) is 0 Å². The third-order valence-electron chi connectivity index (χ3n) is 2.97. The molecular weight excluding hydrogens is 253 g/mol. The van der Waals surface area contributed by atoms with Gasteiger partial charge in [0, 0.05) is 19.1 Å². The lowest BCUT2D eigenvalue weighted by molar-refractivity contribution is -0.137. The summed E-state index contributed by atoms with van der Waals surface area (Å²) in [7, 11) is 1.67. The summed E-state index contributed by atoms with van der Waals surface area (Å²) in [4.78, 5) is 1.64. The summed E-state index contributed by atoms with van der Waals surface area (Å²) in [6.07, 6.45) is -3.24. The van der Waals surface area contributed by atoms with Crippen LogP contribution in [0.4, 0.5) is 13.2 Å². The van der Waals surface area contributed by atoms with Crippen LogP contribution >= 0.6 is 0 Å². The number of nitrogens with two attached hydrogens (primary N) is 1. The monoisotopic (exact) mass is 274 g/mol. The zero-order chi connectivity index (χ0) is 14.3. The molecule has 0 spiro atoms. The average Bonchev–Trinajstić information content (AvgIpc) is 2.34. The van der Waals surface area contributed by atoms with Gasteiger partial charge >= 0.3 is 6.18 Å². The van der Waals surface area contributed by atoms with Crippen molar-refractivity contribution in [1.29, 1.82) is 0 Å². The molecule has 1 atom stereocenters. The van der Waals surface area contributed by atoms with Gasteiger partial charge in [-0.25, -0.2) is 0 Å². The third-order valence-corrected chi connectivity index (χ3v) is 2.97. The zero-order valence-corrected chi connectivity index (χ0v) is 11.2. The fraction of sp³-hybridized carbons (Fsp3) is 0.571. The minimum Gasteiger partial charge on any atom is -0.327 e. The summed E-state index contributed by atoms with van der Waals surface area (Å²) in [6, 6.07) is 9.85. The smallest absolute Gasteiger partial charge is 0.327 e. The Balaban J connectivity index is 2.21. The molecule has 0 amide bonds. The van der Waals surface area contributed by atoms with Gasteiger partial charge < -0.3 is 10.6 Å². The summed E-state index contributed by atoms with van der Waals surface area (Å²) < 4.78 is 36.2. The van der Waals surface area contributed by atoms with Gasteiger partial charge in [0.2, 0.25) is 0 Å². The summed E-state index contributed by atoms with van der Waals surface area (Å²) in [6.45, 7) is 0.492. The molecule has 2 nitrogen and oxygen atoms in total. The number of alkyl halides is 3. The number of benzene rings is 1. The summed E-state index contributed by atoms with van der Waals surface area (Å²) >= 11 is 0. The van der Waals surface area contributed by atoms with E-state index in [0.29, 0.717) is 6.54 Å². The first-order chi connectivity index (χ1) is 8.87. The van der Waals surface area contributed by atoms with E-state index < -0.39 is 12.6 Å². The second-order valence-electron chi connectivity index (χ2n) is 4.91. The first-order valence-electron chi connectivity index (χ1n) is 6.41. The van der Waals surface area contributed by atoms with E-state index in [1.165, 1.54) is 5.56 Å². The quantitative estimate of drug-likeness (QED) is 0.828. The van der Waals surface area contributed by atoms with Crippen molar-refractivity contribution in [3.8, 4) is 0 Å². The molecule has 0 bridgehead atoms. The van der Waals surface area contributed by atoms with Crippen molar-refractivity contribution in [1.82, 2.24) is 4.90 Å². The van der Waals surface area contributed by atoms with Crippen molar-refractivity contribution in [2.24, 2.45) is 5.73 Å². The minimum atomic E-state index is -4.09. The molecule has 0 radical (unpaired) electrons. The molecule has 0 saturated heterocycles. The Bertz CT molecular complexity index is 351. The topological polar surface area (TPSA) is 29.3 Å². The highest BCUT2D eigenvalue weighted by Gasteiger charge is 2.27. The number of halogens is 3. The largest absolute Gasteiger partial charge is 0.390 e. The van der Waals surface area contributed by atoms with Crippen molar-refractivity contribution in [3.05, 3.63) is 35.9 Å². The molecule has 19 heavy (non-hydrogen) atoms. The average molecular weight is 274 g/mol. The van der Waals surface area contributed by atoms with E-state index in [4.69, 9.17) is 5.73 Å². The van der Waals surface area contributed by atoms with Crippen molar-refractivity contribution in [3.63, 3.8) is 0 Å². The van der Waals surface area contributed by atoms with Crippen LogP contribution in [0.3, 0.4) is 0 Å². The Kier molecular flexibility index (Phi) is 6.31. The normalized spacial score (nSPS) is 13.8. The van der Waals surface area contributed by atoms with Crippen LogP contribution in [0.1, 0.15) is 18.4 Å². The van der Waals surface area contributed by atoms with E-state index in [0.717, 1.165) is 12.8 Å². The van der Waals surface area contributed by atoms with Crippen LogP contribution in [0, 0.1) is 0 Å². The molecular formula is C14H21F3N2. The number of hydrogen-bond donors (Lipinski definition) is 1. The molecule has 0 aliphatic heterocycles. The Morgan fingerprint density at radius 1 is 1.21 bits per heavy atom. The van der Waals surface area contributed by atoms with Gasteiger partial charge in [0.1, 0.15) is 0 Å². The van der Waals surface area contributed by atoms with Crippen molar-refractivity contribution in [2.75, 3.05) is 20.1 Å². The summed E-state index contributed by atoms with van der Waals surface area (Å²) in [5, 5.41) is 0. The number of rotatable bonds is 7. The summed E-state index contributed by atoms with van der Waals surface area (Å²) in [5.74, 6) is 0. The first-order valence-corrected chi connectivity index (χ1v) is 6.41. The maximum absolute atomic E-state index is 12.1. The lowest BCUT2D eigenvalue weighted by atomic mass is 10.1. The van der Waals surface area contributed by atoms with E-state index in [1.54, 1.807) is 11.9 Å². The van der Waals surface area contributed by atoms with E-state index in [-0.39, 0.29) is 12.6 Å². The van der Waals surface area contributed by atoms with Crippen molar-refractivity contribution < 1.29 is 13.2 Å². The van der Waals surface area contributed by atoms with Crippen molar-refractivity contribution in [2.45, 2.75) is 31.5 Å². The first kappa shape index (κ1) is 16.0. The molecule has 1 aromatic carbocycles. The van der Waals surface area contributed by atoms with Crippen LogP contribution in [0.25, 0.3) is 0 Å². The molecule has 108 valence electrons. The standard InChI is InChI=1S/C14H21F3N2/c1-19(10-9-14(15,16)17)11-13(18)8-7-12-5-3-2-4-6-12/h2-6,13H,7-11,18H2,1H3. The molecule has 1 rings (SSSR count). The maximum Gasteiger partial charge on any atom is 0.390 e. The van der Waals surface area contributed by atoms with Crippen LogP contribution in [-0.2, 0) is 6.42 Å². The highest BCUT2D eigenvalue weighted by molar-refractivity contribution is 5.14. The van der Waals surface area contributed by atoms with Gasteiger partial charge in [-0.2, -0.15) is 13.2 Å². The molecule has 0 heterocycles. The van der Waals surface area contributed by atoms with Gasteiger partial charge in [0.05, 0.1) is 6.42 Å². The molecule has 5 heteroatoms. The second-order valence-corrected chi connectivity index (χ2v) is 4.91. The molecule has 0 aliphatic rings. The van der Waals surface area contributed by atoms with Crippen LogP contribution in [-0.4, -0.2) is 37.3 Å². The highest BCUT2D eigenvalue weighted by Crippen LogP contribution is 2.19. The highest BCUT2D eigenvalue weighted by atomic mass is 19.4. The molecule has 0 aromatic heterocycles. The predicted molar refractivity (Wildman–Crippen MR) is 70.9 cm³/mol. The number of likely N-dealkylation sites (N-methyl/N-ethyl adjacent to an activating group) is 1. The second kappa shape index (κ2) is 7.50. The zero-order valence-electron chi connectivity index (χ0n) is 11.2. The third kappa shape index (κ3) is 7.85. The maximum atomic E-state index is 12.1. The predicted octanol–water partition coefficient (Wildman–Crippen LogP) is 2.83. The Morgan fingerprint density at radius 3 is 2.42 bits per heavy atom. The van der Waals surface area contributed by atoms with Crippen LogP contribution in [0.15, 0.2) is 30.3 Å². The van der Waals surface area contributed by atoms with Gasteiger partial charge in [0.25, 0.3) is 0 Å². The van der Waals surface area contributed by atoms with Gasteiger partial charge in [-0.1, -0.05) is 30.3 Å². The lowest BCUT2D eigenvalue weighted by Crippen LogP contribution is -2.37. The van der Waals surface area contributed by atoms with Crippen LogP contribution < -0.4 is 5.73 Å². The van der Waals surface area contributed by atoms with Gasteiger partial charge in [-0.05, 0) is 25.5 Å². The van der Waals surface area contributed by atoms with Gasteiger partial charge in [0.15, 0.2) is 0 Å². The molecule has 2 N–H and O–H groups in total. The number of hydrogen-bond acceptors (Lipinski definition) is 2. The molecule has 0 fully saturated rings. The minimum absolute atomic E-state index is 0.00252. The molecule has 0 aliphatic carbocycles. The van der Waals surface area contributed by atoms with E-state index in [1.807, 2.05) is 30.3 Å². The van der Waals surface area contributed by atoms with Gasteiger partial charge in [-0.3, -0.25) is 0 Å².